The van der Waals surface area contributed by atoms with Crippen LogP contribution in [0.15, 0.2) is 18.2 Å². The highest BCUT2D eigenvalue weighted by Gasteiger charge is 2.27. The van der Waals surface area contributed by atoms with E-state index >= 15 is 0 Å². The summed E-state index contributed by atoms with van der Waals surface area (Å²) < 4.78 is 10.2. The molecule has 0 fully saturated rings. The van der Waals surface area contributed by atoms with Gasteiger partial charge in [-0.05, 0) is 26.8 Å². The first-order valence-electron chi connectivity index (χ1n) is 7.08. The number of hydrogen-bond acceptors (Lipinski definition) is 6. The third kappa shape index (κ3) is 5.20. The number of aromatic carboxylic acids is 1. The minimum Gasteiger partial charge on any atom is -0.478 e. The Morgan fingerprint density at radius 2 is 1.96 bits per heavy atom. The van der Waals surface area contributed by atoms with Gasteiger partial charge in [0.25, 0.3) is 5.69 Å². The van der Waals surface area contributed by atoms with Gasteiger partial charge in [-0.25, -0.2) is 9.59 Å². The Kier molecular flexibility index (Phi) is 6.24. The number of methoxy groups -OCH3 is 1. The van der Waals surface area contributed by atoms with E-state index in [2.05, 4.69) is 0 Å². The van der Waals surface area contributed by atoms with Crippen molar-refractivity contribution in [3.05, 3.63) is 33.9 Å². The smallest absolute Gasteiger partial charge is 0.414 e. The van der Waals surface area contributed by atoms with Crippen LogP contribution < -0.4 is 4.90 Å². The Labute approximate surface area is 138 Å². The second-order valence-electron chi connectivity index (χ2n) is 5.89. The van der Waals surface area contributed by atoms with Crippen molar-refractivity contribution in [3.8, 4) is 0 Å². The number of ether oxygens (including phenoxy) is 2. The van der Waals surface area contributed by atoms with E-state index in [4.69, 9.17) is 9.47 Å². The zero-order chi connectivity index (χ0) is 18.5. The molecule has 9 nitrogen and oxygen atoms in total. The lowest BCUT2D eigenvalue weighted by Crippen LogP contribution is -2.39. The lowest BCUT2D eigenvalue weighted by atomic mass is 10.1. The standard InChI is InChI=1S/C15H20N2O7/c1-15(2,3)24-14(20)16(7-8-23-4)12-6-5-10(17(21)22)9-11(12)13(18)19/h5-6,9H,7-8H2,1-4H3,(H,18,19). The van der Waals surface area contributed by atoms with Gasteiger partial charge < -0.3 is 14.6 Å². The highest BCUT2D eigenvalue weighted by molar-refractivity contribution is 6.00. The maximum absolute atomic E-state index is 12.4. The molecule has 1 amide bonds. The Hall–Kier alpha value is -2.68. The van der Waals surface area contributed by atoms with E-state index in [0.29, 0.717) is 0 Å². The molecule has 0 bridgehead atoms. The molecular formula is C15H20N2O7. The summed E-state index contributed by atoms with van der Waals surface area (Å²) in [6.45, 7) is 5.19. The molecule has 9 heteroatoms. The van der Waals surface area contributed by atoms with Gasteiger partial charge in [0.05, 0.1) is 29.3 Å². The largest absolute Gasteiger partial charge is 0.478 e. The van der Waals surface area contributed by atoms with Crippen molar-refractivity contribution in [2.45, 2.75) is 26.4 Å². The number of amides is 1. The fourth-order valence-corrected chi connectivity index (χ4v) is 1.85. The molecule has 0 aliphatic carbocycles. The zero-order valence-corrected chi connectivity index (χ0v) is 13.9. The molecular weight excluding hydrogens is 320 g/mol. The van der Waals surface area contributed by atoms with E-state index in [-0.39, 0.29) is 30.1 Å². The first-order valence-corrected chi connectivity index (χ1v) is 7.08. The summed E-state index contributed by atoms with van der Waals surface area (Å²) in [4.78, 5) is 35.0. The lowest BCUT2D eigenvalue weighted by Gasteiger charge is -2.28. The normalized spacial score (nSPS) is 11.0. The maximum atomic E-state index is 12.4. The number of carboxylic acids is 1. The molecule has 0 aliphatic heterocycles. The van der Waals surface area contributed by atoms with Gasteiger partial charge in [0.2, 0.25) is 0 Å². The van der Waals surface area contributed by atoms with Crippen molar-refractivity contribution >= 4 is 23.4 Å². The van der Waals surface area contributed by atoms with Crippen molar-refractivity contribution in [2.75, 3.05) is 25.2 Å². The number of nitro groups is 1. The van der Waals surface area contributed by atoms with Gasteiger partial charge in [0, 0.05) is 19.2 Å². The van der Waals surface area contributed by atoms with E-state index in [0.717, 1.165) is 17.0 Å². The van der Waals surface area contributed by atoms with Gasteiger partial charge in [-0.3, -0.25) is 15.0 Å². The number of carbonyl (C=O) groups excluding carboxylic acids is 1. The predicted molar refractivity (Wildman–Crippen MR) is 85.5 cm³/mol. The third-order valence-electron chi connectivity index (χ3n) is 2.85. The van der Waals surface area contributed by atoms with Gasteiger partial charge in [0.15, 0.2) is 0 Å². The average Bonchev–Trinajstić information content (AvgIpc) is 2.45. The van der Waals surface area contributed by atoms with Gasteiger partial charge in [-0.2, -0.15) is 0 Å². The van der Waals surface area contributed by atoms with E-state index in [9.17, 15) is 24.8 Å². The number of benzene rings is 1. The van der Waals surface area contributed by atoms with Crippen LogP contribution in [0.2, 0.25) is 0 Å². The average molecular weight is 340 g/mol. The molecule has 0 saturated heterocycles. The molecule has 0 saturated carbocycles. The van der Waals surface area contributed by atoms with Crippen molar-refractivity contribution < 1.29 is 29.1 Å². The lowest BCUT2D eigenvalue weighted by molar-refractivity contribution is -0.384. The van der Waals surface area contributed by atoms with Crippen LogP contribution in [0.1, 0.15) is 31.1 Å². The van der Waals surface area contributed by atoms with Crippen molar-refractivity contribution in [1.82, 2.24) is 0 Å². The van der Waals surface area contributed by atoms with Crippen LogP contribution in [0.25, 0.3) is 0 Å². The SMILES string of the molecule is COCCN(C(=O)OC(C)(C)C)c1ccc([N+](=O)[O-])cc1C(=O)O. The van der Waals surface area contributed by atoms with Gasteiger partial charge in [0.1, 0.15) is 5.60 Å². The van der Waals surface area contributed by atoms with E-state index < -0.39 is 22.6 Å². The molecule has 0 heterocycles. The quantitative estimate of drug-likeness (QED) is 0.624. The van der Waals surface area contributed by atoms with Crippen molar-refractivity contribution in [3.63, 3.8) is 0 Å². The van der Waals surface area contributed by atoms with Gasteiger partial charge in [-0.15, -0.1) is 0 Å². The molecule has 0 atom stereocenters. The predicted octanol–water partition coefficient (Wildman–Crippen LogP) is 2.68. The van der Waals surface area contributed by atoms with Crippen LogP contribution in [0.5, 0.6) is 0 Å². The van der Waals surface area contributed by atoms with Crippen LogP contribution in [0.4, 0.5) is 16.2 Å². The fraction of sp³-hybridized carbons (Fsp3) is 0.467. The second-order valence-corrected chi connectivity index (χ2v) is 5.89. The number of non-ortho nitro benzene ring substituents is 1. The Morgan fingerprint density at radius 1 is 1.33 bits per heavy atom. The zero-order valence-electron chi connectivity index (χ0n) is 13.9. The van der Waals surface area contributed by atoms with Crippen LogP contribution in [-0.2, 0) is 9.47 Å². The maximum Gasteiger partial charge on any atom is 0.414 e. The van der Waals surface area contributed by atoms with Crippen molar-refractivity contribution in [2.24, 2.45) is 0 Å². The molecule has 24 heavy (non-hydrogen) atoms. The second kappa shape index (κ2) is 7.73. The third-order valence-corrected chi connectivity index (χ3v) is 2.85. The molecule has 0 radical (unpaired) electrons. The molecule has 132 valence electrons. The first kappa shape index (κ1) is 19.4. The summed E-state index contributed by atoms with van der Waals surface area (Å²) in [5.41, 5.74) is -1.54. The minimum absolute atomic E-state index is 0.000556. The summed E-state index contributed by atoms with van der Waals surface area (Å²) in [6.07, 6.45) is -0.768. The molecule has 1 aromatic rings. The number of hydrogen-bond donors (Lipinski definition) is 1. The number of anilines is 1. The van der Waals surface area contributed by atoms with Crippen LogP contribution in [-0.4, -0.2) is 48.0 Å². The molecule has 1 rings (SSSR count). The van der Waals surface area contributed by atoms with Crippen LogP contribution >= 0.6 is 0 Å². The molecule has 0 unspecified atom stereocenters. The van der Waals surface area contributed by atoms with Gasteiger partial charge >= 0.3 is 12.1 Å². The molecule has 1 aromatic carbocycles. The summed E-state index contributed by atoms with van der Waals surface area (Å²) in [6, 6.07) is 3.24. The van der Waals surface area contributed by atoms with E-state index in [1.54, 1.807) is 20.8 Å². The topological polar surface area (TPSA) is 119 Å². The fourth-order valence-electron chi connectivity index (χ4n) is 1.85. The monoisotopic (exact) mass is 340 g/mol. The van der Waals surface area contributed by atoms with Crippen LogP contribution in [0.3, 0.4) is 0 Å². The Balaban J connectivity index is 3.33. The van der Waals surface area contributed by atoms with Crippen LogP contribution in [0, 0.1) is 10.1 Å². The van der Waals surface area contributed by atoms with Gasteiger partial charge in [-0.1, -0.05) is 0 Å². The Bertz CT molecular complexity index is 637. The highest BCUT2D eigenvalue weighted by Crippen LogP contribution is 2.27. The van der Waals surface area contributed by atoms with E-state index in [1.165, 1.54) is 13.2 Å². The highest BCUT2D eigenvalue weighted by atomic mass is 16.6. The number of carbonyl (C=O) groups is 2. The van der Waals surface area contributed by atoms with E-state index in [1.807, 2.05) is 0 Å². The molecule has 0 aliphatic rings. The number of rotatable bonds is 6. The number of carboxylic acid groups (broad SMARTS) is 1. The summed E-state index contributed by atoms with van der Waals surface area (Å²) in [7, 11) is 1.43. The summed E-state index contributed by atoms with van der Waals surface area (Å²) in [5, 5.41) is 20.2. The molecule has 0 aromatic heterocycles. The molecule has 1 N–H and O–H groups in total. The molecule has 0 spiro atoms. The summed E-state index contributed by atoms with van der Waals surface area (Å²) in [5.74, 6) is -1.39. The number of nitrogens with zero attached hydrogens (tertiary/aromatic N) is 2. The summed E-state index contributed by atoms with van der Waals surface area (Å²) >= 11 is 0. The number of nitro benzene ring substituents is 1. The minimum atomic E-state index is -1.39. The van der Waals surface area contributed by atoms with Crippen molar-refractivity contribution in [1.29, 1.82) is 0 Å². The first-order chi connectivity index (χ1) is 11.1. The Morgan fingerprint density at radius 3 is 2.42 bits per heavy atom.